The van der Waals surface area contributed by atoms with E-state index in [9.17, 15) is 5.48 Å². The van der Waals surface area contributed by atoms with Gasteiger partial charge >= 0.3 is 0 Å². The molecule has 0 N–H and O–H groups in total. The highest BCUT2D eigenvalue weighted by molar-refractivity contribution is 6.09. The Morgan fingerprint density at radius 2 is 1.06 bits per heavy atom. The third-order valence-electron chi connectivity index (χ3n) is 8.25. The lowest BCUT2D eigenvalue weighted by molar-refractivity contribution is 0.668. The molecule has 0 aliphatic carbocycles. The molecular formula is C45H27N3O2. The third kappa shape index (κ3) is 4.75. The number of hydrogen-bond acceptors (Lipinski definition) is 5. The molecule has 50 heavy (non-hydrogen) atoms. The summed E-state index contributed by atoms with van der Waals surface area (Å²) >= 11 is 0. The lowest BCUT2D eigenvalue weighted by Gasteiger charge is -2.09. The first-order valence-corrected chi connectivity index (χ1v) is 15.4. The van der Waals surface area contributed by atoms with Crippen LogP contribution in [0, 0.1) is 0 Å². The molecule has 0 radical (unpaired) electrons. The second-order valence-electron chi connectivity index (χ2n) is 11.2. The molecule has 10 aromatic rings. The molecule has 0 aliphatic heterocycles. The van der Waals surface area contributed by atoms with Crippen LogP contribution in [0.1, 0.15) is 20.6 Å². The van der Waals surface area contributed by atoms with E-state index in [0.717, 1.165) is 11.1 Å². The molecule has 0 fully saturated rings. The summed E-state index contributed by atoms with van der Waals surface area (Å²) in [4.78, 5) is 14.2. The Labute approximate surface area is 308 Å². The van der Waals surface area contributed by atoms with Gasteiger partial charge < -0.3 is 8.83 Å². The maximum atomic E-state index is 9.48. The largest absolute Gasteiger partial charge is 0.456 e. The molecule has 0 unspecified atom stereocenters. The molecule has 10 rings (SSSR count). The lowest BCUT2D eigenvalue weighted by atomic mass is 10.0. The van der Waals surface area contributed by atoms with E-state index in [2.05, 4.69) is 0 Å². The van der Waals surface area contributed by atoms with Crippen molar-refractivity contribution in [3.8, 4) is 56.4 Å². The van der Waals surface area contributed by atoms with Gasteiger partial charge in [-0.05, 0) is 58.5 Å². The second-order valence-corrected chi connectivity index (χ2v) is 11.2. The molecule has 3 aromatic heterocycles. The average molecular weight is 657 g/mol. The second kappa shape index (κ2) is 11.4. The van der Waals surface area contributed by atoms with Gasteiger partial charge in [-0.25, -0.2) is 15.0 Å². The molecule has 0 saturated heterocycles. The smallest absolute Gasteiger partial charge is 0.167 e. The molecular weight excluding hydrogens is 615 g/mol. The van der Waals surface area contributed by atoms with E-state index in [4.69, 9.17) is 38.9 Å². The summed E-state index contributed by atoms with van der Waals surface area (Å²) < 4.78 is 143. The first-order valence-electron chi connectivity index (χ1n) is 22.9. The summed E-state index contributed by atoms with van der Waals surface area (Å²) in [5, 5.41) is -0.0524. The van der Waals surface area contributed by atoms with E-state index in [0.29, 0.717) is 10.9 Å². The molecule has 0 spiro atoms. The summed E-state index contributed by atoms with van der Waals surface area (Å²) in [7, 11) is 0. The molecule has 3 heterocycles. The number of fused-ring (bicyclic) bond motifs is 6. The fourth-order valence-electron chi connectivity index (χ4n) is 5.87. The maximum absolute atomic E-state index is 9.48. The van der Waals surface area contributed by atoms with Crippen molar-refractivity contribution in [1.29, 1.82) is 0 Å². The number of hydrogen-bond donors (Lipinski definition) is 0. The molecule has 7 aromatic carbocycles. The number of aromatic nitrogens is 3. The molecule has 234 valence electrons. The summed E-state index contributed by atoms with van der Waals surface area (Å²) in [6.45, 7) is 0. The van der Waals surface area contributed by atoms with Crippen molar-refractivity contribution in [2.45, 2.75) is 0 Å². The van der Waals surface area contributed by atoms with Gasteiger partial charge in [0, 0.05) is 32.7 Å². The van der Waals surface area contributed by atoms with Crippen molar-refractivity contribution in [3.63, 3.8) is 0 Å². The Morgan fingerprint density at radius 3 is 1.92 bits per heavy atom. The number of nitrogens with zero attached hydrogens (tertiary/aromatic N) is 3. The first kappa shape index (κ1) is 17.0. The van der Waals surface area contributed by atoms with Crippen LogP contribution in [0.4, 0.5) is 0 Å². The standard InChI is InChI=1S/C45H27N3O2/c1-3-10-28(11-4-1)30-18-20-31(21-19-30)43-46-44(48-45(47-43)37-16-9-15-36-34-14-7-8-17-39(34)50-42(36)37)33-22-24-35-38-26-32(29-12-5-2-6-13-29)23-25-40(38)49-41(35)27-33/h1-27H/i2D,5D,6D,7D,8D,12D,13D,14D,17D,22D,23D,24D,25D,26D,27D. The predicted octanol–water partition coefficient (Wildman–Crippen LogP) is 12.0. The van der Waals surface area contributed by atoms with Crippen molar-refractivity contribution in [1.82, 2.24) is 15.0 Å². The fourth-order valence-corrected chi connectivity index (χ4v) is 5.87. The topological polar surface area (TPSA) is 65.0 Å². The number of benzene rings is 7. The Bertz CT molecular complexity index is 3690. The predicted molar refractivity (Wildman–Crippen MR) is 202 cm³/mol. The van der Waals surface area contributed by atoms with Gasteiger partial charge in [0.15, 0.2) is 17.5 Å². The van der Waals surface area contributed by atoms with Crippen molar-refractivity contribution in [2.24, 2.45) is 0 Å². The van der Waals surface area contributed by atoms with Gasteiger partial charge in [0.05, 0.1) is 26.1 Å². The van der Waals surface area contributed by atoms with Crippen LogP contribution < -0.4 is 0 Å². The molecule has 5 heteroatoms. The van der Waals surface area contributed by atoms with Crippen LogP contribution in [0.2, 0.25) is 0 Å². The van der Waals surface area contributed by atoms with E-state index in [-0.39, 0.29) is 73.6 Å². The van der Waals surface area contributed by atoms with Gasteiger partial charge in [0.2, 0.25) is 0 Å². The van der Waals surface area contributed by atoms with Crippen molar-refractivity contribution < 1.29 is 29.4 Å². The van der Waals surface area contributed by atoms with Crippen LogP contribution in [0.25, 0.3) is 100 Å². The van der Waals surface area contributed by atoms with Gasteiger partial charge in [0.25, 0.3) is 0 Å². The third-order valence-corrected chi connectivity index (χ3v) is 8.25. The number of para-hydroxylation sites is 2. The van der Waals surface area contributed by atoms with E-state index in [1.165, 1.54) is 0 Å². The van der Waals surface area contributed by atoms with Crippen LogP contribution in [0.3, 0.4) is 0 Å². The fraction of sp³-hybridized carbons (Fsp3) is 0. The van der Waals surface area contributed by atoms with Gasteiger partial charge in [-0.3, -0.25) is 0 Å². The van der Waals surface area contributed by atoms with E-state index < -0.39 is 95.3 Å². The maximum Gasteiger partial charge on any atom is 0.167 e. The summed E-state index contributed by atoms with van der Waals surface area (Å²) in [6.07, 6.45) is 0. The van der Waals surface area contributed by atoms with Gasteiger partial charge in [-0.15, -0.1) is 0 Å². The molecule has 0 aliphatic rings. The van der Waals surface area contributed by atoms with Crippen LogP contribution in [0.15, 0.2) is 172 Å². The van der Waals surface area contributed by atoms with Crippen LogP contribution in [-0.2, 0) is 0 Å². The summed E-state index contributed by atoms with van der Waals surface area (Å²) in [5.41, 5.74) is 0.531. The van der Waals surface area contributed by atoms with Crippen LogP contribution in [-0.4, -0.2) is 15.0 Å². The summed E-state index contributed by atoms with van der Waals surface area (Å²) in [6, 6.07) is 12.9. The molecule has 0 atom stereocenters. The Morgan fingerprint density at radius 1 is 0.380 bits per heavy atom. The minimum atomic E-state index is -0.720. The number of rotatable bonds is 5. The van der Waals surface area contributed by atoms with E-state index in [1.54, 1.807) is 30.3 Å². The zero-order chi connectivity index (χ0) is 46.1. The van der Waals surface area contributed by atoms with E-state index in [1.807, 2.05) is 42.5 Å². The Kier molecular flexibility index (Phi) is 3.87. The quantitative estimate of drug-likeness (QED) is 0.184. The van der Waals surface area contributed by atoms with Gasteiger partial charge in [0.1, 0.15) is 22.3 Å². The molecule has 0 bridgehead atoms. The van der Waals surface area contributed by atoms with Crippen LogP contribution >= 0.6 is 0 Å². The highest BCUT2D eigenvalue weighted by atomic mass is 16.3. The SMILES string of the molecule is [2H]c1c([2H])c([2H])c(-c2c([2H])c([2H])c3oc4c([2H])c(-c5nc(-c6ccc(-c7ccccc7)cc6)nc(-c6cccc7c6oc6c([2H])c([2H])c([2H])c([2H])c67)n5)c([2H])c([2H])c4c3c2[2H])c([2H])c1[2H]. The highest BCUT2D eigenvalue weighted by Gasteiger charge is 2.19. The average Bonchev–Trinajstić information content (AvgIpc) is 3.92. The van der Waals surface area contributed by atoms with Crippen molar-refractivity contribution in [3.05, 3.63) is 163 Å². The van der Waals surface area contributed by atoms with Crippen LogP contribution in [0.5, 0.6) is 0 Å². The minimum absolute atomic E-state index is 0.0453. The highest BCUT2D eigenvalue weighted by Crippen LogP contribution is 2.38. The normalized spacial score (nSPS) is 15.8. The van der Waals surface area contributed by atoms with Gasteiger partial charge in [-0.2, -0.15) is 0 Å². The van der Waals surface area contributed by atoms with Crippen molar-refractivity contribution >= 4 is 43.9 Å². The number of furan rings is 2. The van der Waals surface area contributed by atoms with E-state index >= 15 is 0 Å². The lowest BCUT2D eigenvalue weighted by Crippen LogP contribution is -2.00. The Hall–Kier alpha value is -6.85. The Balaban J connectivity index is 1.24. The monoisotopic (exact) mass is 656 g/mol. The molecule has 0 saturated carbocycles. The molecule has 0 amide bonds. The molecule has 5 nitrogen and oxygen atoms in total. The minimum Gasteiger partial charge on any atom is -0.456 e. The zero-order valence-corrected chi connectivity index (χ0v) is 25.6. The first-order chi connectivity index (χ1) is 31.0. The van der Waals surface area contributed by atoms with Crippen molar-refractivity contribution in [2.75, 3.05) is 0 Å². The van der Waals surface area contributed by atoms with Gasteiger partial charge in [-0.1, -0.05) is 127 Å². The zero-order valence-electron chi connectivity index (χ0n) is 40.6. The summed E-state index contributed by atoms with van der Waals surface area (Å²) in [5.74, 6) is -0.240.